The quantitative estimate of drug-likeness (QED) is 0.897. The molecule has 6 heteroatoms. The molecule has 0 aliphatic carbocycles. The Hall–Kier alpha value is -2.50. The van der Waals surface area contributed by atoms with Gasteiger partial charge >= 0.3 is 0 Å². The van der Waals surface area contributed by atoms with Crippen molar-refractivity contribution in [3.8, 4) is 0 Å². The fourth-order valence-electron chi connectivity index (χ4n) is 3.14. The number of aromatic nitrogens is 2. The molecule has 0 saturated heterocycles. The van der Waals surface area contributed by atoms with Gasteiger partial charge in [-0.2, -0.15) is 0 Å². The highest BCUT2D eigenvalue weighted by atomic mass is 19.1. The smallest absolute Gasteiger partial charge is 0.254 e. The van der Waals surface area contributed by atoms with Crippen molar-refractivity contribution in [3.05, 3.63) is 52.7 Å². The lowest BCUT2D eigenvalue weighted by Crippen LogP contribution is -2.23. The minimum Gasteiger partial charge on any atom is -0.363 e. The summed E-state index contributed by atoms with van der Waals surface area (Å²) >= 11 is 0. The Labute approximate surface area is 153 Å². The molecule has 138 valence electrons. The Balaban J connectivity index is 1.91. The van der Waals surface area contributed by atoms with Crippen LogP contribution in [0, 0.1) is 5.82 Å². The zero-order valence-corrected chi connectivity index (χ0v) is 15.9. The second-order valence-corrected chi connectivity index (χ2v) is 7.71. The van der Waals surface area contributed by atoms with Crippen LogP contribution in [0.2, 0.25) is 0 Å². The number of nitrogens with zero attached hydrogens (tertiary/aromatic N) is 3. The maximum absolute atomic E-state index is 14.4. The molecule has 0 aromatic carbocycles. The Morgan fingerprint density at radius 3 is 2.73 bits per heavy atom. The molecular formula is C20H25FN4O. The molecule has 2 aromatic rings. The van der Waals surface area contributed by atoms with Crippen LogP contribution >= 0.6 is 0 Å². The standard InChI is InChI=1S/C20H25FN4O/c1-6-25-11-15-13(19(25)26)7-8-22-18(15)24-12(2)14-9-17(20(3,4)5)23-10-16(14)21/h7-10,12H,6,11H2,1-5H3,(H,22,24). The summed E-state index contributed by atoms with van der Waals surface area (Å²) in [5.41, 5.74) is 2.75. The predicted molar refractivity (Wildman–Crippen MR) is 99.6 cm³/mol. The number of anilines is 1. The van der Waals surface area contributed by atoms with E-state index in [0.29, 0.717) is 30.0 Å². The molecule has 1 aliphatic rings. The summed E-state index contributed by atoms with van der Waals surface area (Å²) in [6.45, 7) is 11.2. The summed E-state index contributed by atoms with van der Waals surface area (Å²) in [5.74, 6) is 0.301. The third-order valence-corrected chi connectivity index (χ3v) is 4.78. The van der Waals surface area contributed by atoms with E-state index in [1.807, 2.05) is 34.6 Å². The van der Waals surface area contributed by atoms with Gasteiger partial charge in [0.05, 0.1) is 18.8 Å². The number of rotatable bonds is 4. The van der Waals surface area contributed by atoms with E-state index < -0.39 is 0 Å². The van der Waals surface area contributed by atoms with Crippen molar-refractivity contribution in [3.63, 3.8) is 0 Å². The summed E-state index contributed by atoms with van der Waals surface area (Å²) in [4.78, 5) is 22.7. The van der Waals surface area contributed by atoms with E-state index in [0.717, 1.165) is 11.3 Å². The van der Waals surface area contributed by atoms with E-state index >= 15 is 0 Å². The van der Waals surface area contributed by atoms with Gasteiger partial charge in [-0.3, -0.25) is 9.78 Å². The SMILES string of the molecule is CCN1Cc2c(ccnc2NC(C)c2cc(C(C)(C)C)ncc2F)C1=O. The van der Waals surface area contributed by atoms with Crippen LogP contribution in [0.15, 0.2) is 24.5 Å². The van der Waals surface area contributed by atoms with Gasteiger partial charge in [0.2, 0.25) is 0 Å². The highest BCUT2D eigenvalue weighted by Gasteiger charge is 2.29. The molecule has 1 amide bonds. The summed E-state index contributed by atoms with van der Waals surface area (Å²) in [6, 6.07) is 3.25. The van der Waals surface area contributed by atoms with Crippen molar-refractivity contribution >= 4 is 11.7 Å². The topological polar surface area (TPSA) is 58.1 Å². The second-order valence-electron chi connectivity index (χ2n) is 7.71. The van der Waals surface area contributed by atoms with E-state index in [1.165, 1.54) is 6.20 Å². The maximum Gasteiger partial charge on any atom is 0.254 e. The molecule has 3 heterocycles. The third-order valence-electron chi connectivity index (χ3n) is 4.78. The largest absolute Gasteiger partial charge is 0.363 e. The predicted octanol–water partition coefficient (Wildman–Crippen LogP) is 4.06. The van der Waals surface area contributed by atoms with Gasteiger partial charge in [-0.05, 0) is 26.0 Å². The van der Waals surface area contributed by atoms with Gasteiger partial charge in [0.1, 0.15) is 11.6 Å². The number of pyridine rings is 2. The van der Waals surface area contributed by atoms with Crippen molar-refractivity contribution in [1.82, 2.24) is 14.9 Å². The molecular weight excluding hydrogens is 331 g/mol. The maximum atomic E-state index is 14.4. The van der Waals surface area contributed by atoms with Gasteiger partial charge in [0, 0.05) is 40.5 Å². The average Bonchev–Trinajstić information content (AvgIpc) is 2.91. The van der Waals surface area contributed by atoms with Gasteiger partial charge in [0.15, 0.2) is 0 Å². The Morgan fingerprint density at radius 1 is 1.35 bits per heavy atom. The van der Waals surface area contributed by atoms with Gasteiger partial charge in [0.25, 0.3) is 5.91 Å². The first kappa shape index (κ1) is 18.3. The minimum atomic E-state index is -0.350. The number of hydrogen-bond donors (Lipinski definition) is 1. The molecule has 3 rings (SSSR count). The van der Waals surface area contributed by atoms with Crippen LogP contribution in [0.1, 0.15) is 67.8 Å². The molecule has 1 aliphatic heterocycles. The first-order valence-corrected chi connectivity index (χ1v) is 8.92. The molecule has 0 bridgehead atoms. The summed E-state index contributed by atoms with van der Waals surface area (Å²) in [7, 11) is 0. The fourth-order valence-corrected chi connectivity index (χ4v) is 3.14. The second kappa shape index (κ2) is 6.67. The third kappa shape index (κ3) is 3.28. The number of fused-ring (bicyclic) bond motifs is 1. The molecule has 5 nitrogen and oxygen atoms in total. The molecule has 0 saturated carbocycles. The number of carbonyl (C=O) groups excluding carboxylic acids is 1. The van der Waals surface area contributed by atoms with E-state index in [-0.39, 0.29) is 23.2 Å². The first-order chi connectivity index (χ1) is 12.2. The Bertz CT molecular complexity index is 844. The highest BCUT2D eigenvalue weighted by Crippen LogP contribution is 2.31. The number of nitrogens with one attached hydrogen (secondary N) is 1. The summed E-state index contributed by atoms with van der Waals surface area (Å²) in [6.07, 6.45) is 2.90. The van der Waals surface area contributed by atoms with Crippen molar-refractivity contribution < 1.29 is 9.18 Å². The number of halogens is 1. The molecule has 26 heavy (non-hydrogen) atoms. The van der Waals surface area contributed by atoms with Gasteiger partial charge < -0.3 is 10.2 Å². The van der Waals surface area contributed by atoms with Crippen molar-refractivity contribution in [1.29, 1.82) is 0 Å². The average molecular weight is 356 g/mol. The Kier molecular flexibility index (Phi) is 4.69. The zero-order valence-electron chi connectivity index (χ0n) is 15.9. The van der Waals surface area contributed by atoms with Crippen molar-refractivity contribution in [2.45, 2.75) is 52.6 Å². The van der Waals surface area contributed by atoms with Crippen LogP contribution in [0.5, 0.6) is 0 Å². The number of amides is 1. The summed E-state index contributed by atoms with van der Waals surface area (Å²) < 4.78 is 14.4. The van der Waals surface area contributed by atoms with E-state index in [1.54, 1.807) is 23.2 Å². The molecule has 1 unspecified atom stereocenters. The van der Waals surface area contributed by atoms with Gasteiger partial charge in [-0.1, -0.05) is 20.8 Å². The first-order valence-electron chi connectivity index (χ1n) is 8.92. The van der Waals surface area contributed by atoms with Crippen molar-refractivity contribution in [2.24, 2.45) is 0 Å². The lowest BCUT2D eigenvalue weighted by molar-refractivity contribution is 0.0787. The van der Waals surface area contributed by atoms with Crippen molar-refractivity contribution in [2.75, 3.05) is 11.9 Å². The fraction of sp³-hybridized carbons (Fsp3) is 0.450. The monoisotopic (exact) mass is 356 g/mol. The normalized spacial score (nSPS) is 15.2. The molecule has 0 spiro atoms. The lowest BCUT2D eigenvalue weighted by Gasteiger charge is -2.22. The van der Waals surface area contributed by atoms with E-state index in [9.17, 15) is 9.18 Å². The van der Waals surface area contributed by atoms with E-state index in [2.05, 4.69) is 15.3 Å². The highest BCUT2D eigenvalue weighted by molar-refractivity contribution is 5.99. The Morgan fingerprint density at radius 2 is 2.08 bits per heavy atom. The summed E-state index contributed by atoms with van der Waals surface area (Å²) in [5, 5.41) is 3.29. The van der Waals surface area contributed by atoms with Crippen LogP contribution in [0.3, 0.4) is 0 Å². The lowest BCUT2D eigenvalue weighted by atomic mass is 9.90. The molecule has 1 atom stereocenters. The molecule has 2 aromatic heterocycles. The molecule has 0 fully saturated rings. The van der Waals surface area contributed by atoms with Crippen LogP contribution in [0.25, 0.3) is 0 Å². The minimum absolute atomic E-state index is 0.0192. The van der Waals surface area contributed by atoms with Crippen LogP contribution < -0.4 is 5.32 Å². The number of hydrogen-bond acceptors (Lipinski definition) is 4. The zero-order chi connectivity index (χ0) is 19.1. The van der Waals surface area contributed by atoms with Crippen LogP contribution in [-0.4, -0.2) is 27.3 Å². The number of carbonyl (C=O) groups is 1. The molecule has 1 N–H and O–H groups in total. The van der Waals surface area contributed by atoms with E-state index in [4.69, 9.17) is 0 Å². The molecule has 0 radical (unpaired) electrons. The van der Waals surface area contributed by atoms with Gasteiger partial charge in [-0.25, -0.2) is 9.37 Å². The van der Waals surface area contributed by atoms with Gasteiger partial charge in [-0.15, -0.1) is 0 Å². The van der Waals surface area contributed by atoms with Crippen LogP contribution in [-0.2, 0) is 12.0 Å². The van der Waals surface area contributed by atoms with Crippen LogP contribution in [0.4, 0.5) is 10.2 Å².